The van der Waals surface area contributed by atoms with Gasteiger partial charge in [0.25, 0.3) is 0 Å². The summed E-state index contributed by atoms with van der Waals surface area (Å²) in [5.74, 6) is 0.765. The predicted octanol–water partition coefficient (Wildman–Crippen LogP) is -1.03. The van der Waals surface area contributed by atoms with Gasteiger partial charge in [-0.2, -0.15) is 24.3 Å². The van der Waals surface area contributed by atoms with Gasteiger partial charge in [-0.15, -0.1) is 5.56 Å². The largest absolute Gasteiger partial charge is 2.00 e. The summed E-state index contributed by atoms with van der Waals surface area (Å²) in [6.45, 7) is 6.88. The van der Waals surface area contributed by atoms with E-state index in [4.69, 9.17) is 4.74 Å². The van der Waals surface area contributed by atoms with Gasteiger partial charge in [-0.3, -0.25) is 0 Å². The van der Waals surface area contributed by atoms with Crippen LogP contribution in [-0.2, 0) is 4.74 Å². The molecule has 1 aromatic rings. The monoisotopic (exact) mass is 291 g/mol. The molecule has 0 N–H and O–H groups in total. The summed E-state index contributed by atoms with van der Waals surface area (Å²) in [6, 6.07) is 8.87. The van der Waals surface area contributed by atoms with E-state index in [2.05, 4.69) is 11.1 Å². The van der Waals surface area contributed by atoms with Gasteiger partial charge in [-0.25, -0.2) is 4.99 Å². The Balaban J connectivity index is 0.00000112. The first-order chi connectivity index (χ1) is 6.58. The molecule has 0 amide bonds. The van der Waals surface area contributed by atoms with Gasteiger partial charge in [-0.1, -0.05) is 12.5 Å². The number of aliphatic imine (C=N–C) groups is 1. The Hall–Kier alpha value is -0.0638. The van der Waals surface area contributed by atoms with E-state index in [9.17, 15) is 0 Å². The van der Waals surface area contributed by atoms with Crippen LogP contribution >= 0.6 is 0 Å². The van der Waals surface area contributed by atoms with E-state index in [1.54, 1.807) is 0 Å². The van der Waals surface area contributed by atoms with Crippen LogP contribution < -0.4 is 17.0 Å². The molecule has 0 fully saturated rings. The van der Waals surface area contributed by atoms with Crippen LogP contribution in [0.5, 0.6) is 0 Å². The number of aryl methyl sites for hydroxylation is 1. The Morgan fingerprint density at radius 3 is 2.62 bits per heavy atom. The fraction of sp³-hybridized carbons (Fsp3) is 0.417. The molecule has 0 spiro atoms. The molecule has 82 valence electrons. The van der Waals surface area contributed by atoms with Crippen molar-refractivity contribution in [2.45, 2.75) is 26.4 Å². The van der Waals surface area contributed by atoms with E-state index in [0.717, 1.165) is 23.6 Å². The van der Waals surface area contributed by atoms with Crippen molar-refractivity contribution in [1.29, 1.82) is 0 Å². The van der Waals surface area contributed by atoms with Gasteiger partial charge in [0.05, 0.1) is 6.54 Å². The molecule has 0 atom stereocenters. The van der Waals surface area contributed by atoms with Crippen molar-refractivity contribution in [3.63, 3.8) is 0 Å². The summed E-state index contributed by atoms with van der Waals surface area (Å²) in [6.07, 6.45) is 0. The van der Waals surface area contributed by atoms with Gasteiger partial charge in [-0.05, 0) is 13.8 Å². The Morgan fingerprint density at radius 2 is 2.12 bits per heavy atom. The summed E-state index contributed by atoms with van der Waals surface area (Å²) in [4.78, 5) is 4.40. The molecule has 0 saturated carbocycles. The van der Waals surface area contributed by atoms with Gasteiger partial charge >= 0.3 is 23.1 Å². The quantitative estimate of drug-likeness (QED) is 0.479. The Labute approximate surface area is 123 Å². The molecule has 1 heterocycles. The molecule has 1 aliphatic rings. The molecular weight excluding hydrogens is 278 g/mol. The van der Waals surface area contributed by atoms with E-state index in [0.29, 0.717) is 0 Å². The zero-order valence-electron chi connectivity index (χ0n) is 9.88. The molecule has 4 heteroatoms. The number of benzene rings is 1. The van der Waals surface area contributed by atoms with Crippen LogP contribution in [0.2, 0.25) is 0 Å². The average Bonchev–Trinajstić information content (AvgIpc) is 2.47. The van der Waals surface area contributed by atoms with E-state index in [-0.39, 0.29) is 45.6 Å². The maximum absolute atomic E-state index is 5.75. The van der Waals surface area contributed by atoms with Crippen LogP contribution in [0.25, 0.3) is 0 Å². The third-order valence-electron chi connectivity index (χ3n) is 2.28. The second kappa shape index (κ2) is 6.03. The molecule has 0 unspecified atom stereocenters. The summed E-state index contributed by atoms with van der Waals surface area (Å²) >= 11 is 0. The van der Waals surface area contributed by atoms with Crippen LogP contribution in [0, 0.1) is 13.0 Å². The van der Waals surface area contributed by atoms with E-state index in [1.165, 1.54) is 0 Å². The number of ether oxygens (including phenoxy) is 1. The third kappa shape index (κ3) is 3.47. The van der Waals surface area contributed by atoms with E-state index < -0.39 is 0 Å². The first kappa shape index (κ1) is 15.9. The minimum Gasteiger partial charge on any atom is -1.00 e. The summed E-state index contributed by atoms with van der Waals surface area (Å²) in [5.41, 5.74) is 2.08. The van der Waals surface area contributed by atoms with Crippen LogP contribution in [0.15, 0.2) is 23.2 Å². The van der Waals surface area contributed by atoms with Crippen LogP contribution in [0.1, 0.15) is 25.0 Å². The minimum absolute atomic E-state index is 0. The van der Waals surface area contributed by atoms with Crippen molar-refractivity contribution in [2.75, 3.05) is 6.54 Å². The first-order valence-corrected chi connectivity index (χ1v) is 4.79. The maximum Gasteiger partial charge on any atom is 2.00 e. The topological polar surface area (TPSA) is 21.6 Å². The van der Waals surface area contributed by atoms with Gasteiger partial charge in [0.1, 0.15) is 5.60 Å². The minimum atomic E-state index is -0.151. The van der Waals surface area contributed by atoms with Gasteiger partial charge in [0.2, 0.25) is 0 Å². The van der Waals surface area contributed by atoms with Crippen LogP contribution in [0.3, 0.4) is 0 Å². The molecule has 0 saturated heterocycles. The molecule has 0 radical (unpaired) electrons. The van der Waals surface area contributed by atoms with Gasteiger partial charge in [0.15, 0.2) is 5.90 Å². The van der Waals surface area contributed by atoms with Crippen LogP contribution in [0.4, 0.5) is 0 Å². The van der Waals surface area contributed by atoms with Crippen molar-refractivity contribution in [2.24, 2.45) is 4.99 Å². The molecule has 0 aliphatic carbocycles. The first-order valence-electron chi connectivity index (χ1n) is 4.79. The number of halogens is 1. The Bertz CT molecular complexity index is 390. The maximum atomic E-state index is 5.75. The van der Waals surface area contributed by atoms with Gasteiger partial charge in [0, 0.05) is 0 Å². The third-order valence-corrected chi connectivity index (χ3v) is 2.28. The van der Waals surface area contributed by atoms with Crippen molar-refractivity contribution in [3.8, 4) is 0 Å². The smallest absolute Gasteiger partial charge is 1.00 e. The summed E-state index contributed by atoms with van der Waals surface area (Å²) in [7, 11) is 0. The summed E-state index contributed by atoms with van der Waals surface area (Å²) in [5, 5.41) is 0. The molecule has 1 aliphatic heterocycles. The molecule has 0 bridgehead atoms. The number of rotatable bonds is 1. The zero-order chi connectivity index (χ0) is 10.2. The summed E-state index contributed by atoms with van der Waals surface area (Å²) < 4.78 is 5.75. The fourth-order valence-electron chi connectivity index (χ4n) is 1.48. The molecule has 16 heavy (non-hydrogen) atoms. The SMILES string of the molecule is Cc1c[c-]ccc1C1=NCC(C)(C)O1.[Br-].[Mg+2]. The Morgan fingerprint density at radius 1 is 1.44 bits per heavy atom. The average molecular weight is 292 g/mol. The van der Waals surface area contributed by atoms with E-state index in [1.807, 2.05) is 39.0 Å². The van der Waals surface area contributed by atoms with Crippen molar-refractivity contribution < 1.29 is 21.7 Å². The second-order valence-electron chi connectivity index (χ2n) is 4.22. The molecule has 2 nitrogen and oxygen atoms in total. The van der Waals surface area contributed by atoms with Gasteiger partial charge < -0.3 is 21.7 Å². The standard InChI is InChI=1S/C12H14NO.BrH.Mg/c1-9-6-4-5-7-10(9)11-13-8-12(2,3)14-11;;/h5-7H,8H2,1-3H3;1H;/q-1;;+2/p-1. The fourth-order valence-corrected chi connectivity index (χ4v) is 1.48. The molecule has 0 aromatic heterocycles. The zero-order valence-corrected chi connectivity index (χ0v) is 12.9. The van der Waals surface area contributed by atoms with Crippen LogP contribution in [-0.4, -0.2) is 41.1 Å². The Kier molecular flexibility index (Phi) is 6.00. The number of hydrogen-bond acceptors (Lipinski definition) is 2. The van der Waals surface area contributed by atoms with E-state index >= 15 is 0 Å². The number of nitrogens with zero attached hydrogens (tertiary/aromatic N) is 1. The normalized spacial score (nSPS) is 16.6. The molecular formula is C12H14BrMgNO. The second-order valence-corrected chi connectivity index (χ2v) is 4.22. The number of hydrogen-bond donors (Lipinski definition) is 0. The van der Waals surface area contributed by atoms with Crippen molar-refractivity contribution >= 4 is 29.0 Å². The predicted molar refractivity (Wildman–Crippen MR) is 62.3 cm³/mol. The van der Waals surface area contributed by atoms with Crippen molar-refractivity contribution in [3.05, 3.63) is 35.4 Å². The van der Waals surface area contributed by atoms with Crippen molar-refractivity contribution in [1.82, 2.24) is 0 Å². The molecule has 2 rings (SSSR count). The molecule has 1 aromatic carbocycles.